The lowest BCUT2D eigenvalue weighted by molar-refractivity contribution is -0.125. The number of para-hydroxylation sites is 1. The van der Waals surface area contributed by atoms with E-state index in [4.69, 9.17) is 9.47 Å². The maximum absolute atomic E-state index is 12.7. The highest BCUT2D eigenvalue weighted by molar-refractivity contribution is 5.99. The Bertz CT molecular complexity index is 828. The largest absolute Gasteiger partial charge is 0.452 e. The quantitative estimate of drug-likeness (QED) is 0.790. The highest BCUT2D eigenvalue weighted by Crippen LogP contribution is 2.24. The van der Waals surface area contributed by atoms with E-state index in [2.05, 4.69) is 10.3 Å². The van der Waals surface area contributed by atoms with Gasteiger partial charge in [-0.15, -0.1) is 0 Å². The van der Waals surface area contributed by atoms with Gasteiger partial charge < -0.3 is 14.8 Å². The van der Waals surface area contributed by atoms with Crippen molar-refractivity contribution in [3.63, 3.8) is 0 Å². The first-order valence-electron chi connectivity index (χ1n) is 9.43. The summed E-state index contributed by atoms with van der Waals surface area (Å²) in [6.07, 6.45) is 5.47. The topological polar surface area (TPSA) is 77.5 Å². The molecule has 1 aromatic carbocycles. The lowest BCUT2D eigenvalue weighted by Gasteiger charge is -2.22. The fraction of sp³-hybridized carbons (Fsp3) is 0.476. The highest BCUT2D eigenvalue weighted by Gasteiger charge is 2.22. The van der Waals surface area contributed by atoms with Gasteiger partial charge in [0, 0.05) is 18.5 Å². The number of hydrogen-bond acceptors (Lipinski definition) is 5. The molecule has 1 saturated carbocycles. The van der Waals surface area contributed by atoms with Crippen molar-refractivity contribution >= 4 is 22.8 Å². The second-order valence-corrected chi connectivity index (χ2v) is 6.99. The molecule has 0 bridgehead atoms. The molecule has 1 aliphatic carbocycles. The normalized spacial score (nSPS) is 14.9. The van der Waals surface area contributed by atoms with Crippen molar-refractivity contribution in [2.24, 2.45) is 0 Å². The van der Waals surface area contributed by atoms with Crippen molar-refractivity contribution in [3.8, 4) is 0 Å². The standard InChI is InChI=1S/C21H26N2O4/c1-14-16-10-6-7-11-17(16)23-18(12-26-2)20(14)21(25)27-13-19(24)22-15-8-4-3-5-9-15/h6-7,10-11,15H,3-5,8-9,12-13H2,1-2H3,(H,22,24). The second-order valence-electron chi connectivity index (χ2n) is 6.99. The van der Waals surface area contributed by atoms with Gasteiger partial charge in [0.2, 0.25) is 0 Å². The molecular weight excluding hydrogens is 344 g/mol. The highest BCUT2D eigenvalue weighted by atomic mass is 16.5. The fourth-order valence-electron chi connectivity index (χ4n) is 3.67. The number of carbonyl (C=O) groups excluding carboxylic acids is 2. The van der Waals surface area contributed by atoms with E-state index in [1.807, 2.05) is 31.2 Å². The number of carbonyl (C=O) groups is 2. The van der Waals surface area contributed by atoms with E-state index >= 15 is 0 Å². The van der Waals surface area contributed by atoms with Crippen molar-refractivity contribution in [2.45, 2.75) is 51.7 Å². The molecule has 27 heavy (non-hydrogen) atoms. The summed E-state index contributed by atoms with van der Waals surface area (Å²) >= 11 is 0. The molecule has 0 aliphatic heterocycles. The zero-order valence-electron chi connectivity index (χ0n) is 15.9. The van der Waals surface area contributed by atoms with Gasteiger partial charge >= 0.3 is 5.97 Å². The minimum absolute atomic E-state index is 0.193. The number of nitrogens with one attached hydrogen (secondary N) is 1. The van der Waals surface area contributed by atoms with Crippen LogP contribution in [0.2, 0.25) is 0 Å². The number of pyridine rings is 1. The Morgan fingerprint density at radius 2 is 1.93 bits per heavy atom. The van der Waals surface area contributed by atoms with Gasteiger partial charge in [-0.25, -0.2) is 9.78 Å². The smallest absolute Gasteiger partial charge is 0.340 e. The third-order valence-corrected chi connectivity index (χ3v) is 5.02. The zero-order chi connectivity index (χ0) is 19.2. The van der Waals surface area contributed by atoms with Crippen molar-refractivity contribution in [2.75, 3.05) is 13.7 Å². The number of aryl methyl sites for hydroxylation is 1. The summed E-state index contributed by atoms with van der Waals surface area (Å²) in [6, 6.07) is 7.81. The zero-order valence-corrected chi connectivity index (χ0v) is 15.9. The predicted octanol–water partition coefficient (Wildman–Crippen LogP) is 3.30. The molecule has 0 radical (unpaired) electrons. The van der Waals surface area contributed by atoms with E-state index in [1.54, 1.807) is 7.11 Å². The molecule has 0 spiro atoms. The summed E-state index contributed by atoms with van der Waals surface area (Å²) in [7, 11) is 1.55. The minimum atomic E-state index is -0.545. The number of aromatic nitrogens is 1. The first-order valence-corrected chi connectivity index (χ1v) is 9.43. The van der Waals surface area contributed by atoms with Crippen LogP contribution in [0.5, 0.6) is 0 Å². The first-order chi connectivity index (χ1) is 13.1. The van der Waals surface area contributed by atoms with Crippen LogP contribution in [-0.2, 0) is 20.9 Å². The Morgan fingerprint density at radius 3 is 2.67 bits per heavy atom. The molecule has 0 unspecified atom stereocenters. The van der Waals surface area contributed by atoms with Crippen molar-refractivity contribution in [1.29, 1.82) is 0 Å². The van der Waals surface area contributed by atoms with Crippen LogP contribution >= 0.6 is 0 Å². The number of ether oxygens (including phenoxy) is 2. The molecule has 144 valence electrons. The molecule has 1 heterocycles. The molecule has 1 aliphatic rings. The average molecular weight is 370 g/mol. The molecular formula is C21H26N2O4. The number of rotatable bonds is 6. The van der Waals surface area contributed by atoms with Crippen LogP contribution < -0.4 is 5.32 Å². The Morgan fingerprint density at radius 1 is 1.19 bits per heavy atom. The third-order valence-electron chi connectivity index (χ3n) is 5.02. The summed E-state index contributed by atoms with van der Waals surface area (Å²) in [5.41, 5.74) is 2.48. The van der Waals surface area contributed by atoms with E-state index in [-0.39, 0.29) is 25.2 Å². The molecule has 1 N–H and O–H groups in total. The summed E-state index contributed by atoms with van der Waals surface area (Å²) in [5, 5.41) is 3.84. The van der Waals surface area contributed by atoms with E-state index in [9.17, 15) is 9.59 Å². The SMILES string of the molecule is COCc1nc2ccccc2c(C)c1C(=O)OCC(=O)NC1CCCCC1. The Balaban J connectivity index is 1.73. The molecule has 0 saturated heterocycles. The maximum Gasteiger partial charge on any atom is 0.340 e. The van der Waals surface area contributed by atoms with E-state index in [0.717, 1.165) is 42.1 Å². The van der Waals surface area contributed by atoms with Crippen LogP contribution in [0.15, 0.2) is 24.3 Å². The maximum atomic E-state index is 12.7. The van der Waals surface area contributed by atoms with Crippen molar-refractivity contribution in [3.05, 3.63) is 41.1 Å². The van der Waals surface area contributed by atoms with Crippen LogP contribution in [0.1, 0.15) is 53.7 Å². The van der Waals surface area contributed by atoms with E-state index in [1.165, 1.54) is 6.42 Å². The Labute approximate surface area is 159 Å². The molecule has 1 amide bonds. The van der Waals surface area contributed by atoms with Crippen LogP contribution in [0.4, 0.5) is 0 Å². The van der Waals surface area contributed by atoms with Crippen molar-refractivity contribution < 1.29 is 19.1 Å². The van der Waals surface area contributed by atoms with Gasteiger partial charge in [-0.1, -0.05) is 37.5 Å². The van der Waals surface area contributed by atoms with Gasteiger partial charge in [0.05, 0.1) is 23.4 Å². The monoisotopic (exact) mass is 370 g/mol. The second kappa shape index (κ2) is 8.95. The molecule has 3 rings (SSSR count). The summed E-state index contributed by atoms with van der Waals surface area (Å²) in [6.45, 7) is 1.78. The predicted molar refractivity (Wildman–Crippen MR) is 102 cm³/mol. The lowest BCUT2D eigenvalue weighted by atomic mass is 9.95. The number of benzene rings is 1. The summed E-state index contributed by atoms with van der Waals surface area (Å²) in [5.74, 6) is -0.799. The number of fused-ring (bicyclic) bond motifs is 1. The van der Waals surface area contributed by atoms with Crippen LogP contribution in [0.25, 0.3) is 10.9 Å². The Kier molecular flexibility index (Phi) is 6.40. The van der Waals surface area contributed by atoms with Crippen LogP contribution in [0, 0.1) is 6.92 Å². The number of nitrogens with zero attached hydrogens (tertiary/aromatic N) is 1. The third kappa shape index (κ3) is 4.63. The van der Waals surface area contributed by atoms with Crippen LogP contribution in [-0.4, -0.2) is 36.6 Å². The van der Waals surface area contributed by atoms with Gasteiger partial charge in [-0.05, 0) is 31.4 Å². The molecule has 1 aromatic heterocycles. The Hall–Kier alpha value is -2.47. The minimum Gasteiger partial charge on any atom is -0.452 e. The number of amides is 1. The molecule has 2 aromatic rings. The number of methoxy groups -OCH3 is 1. The van der Waals surface area contributed by atoms with E-state index < -0.39 is 5.97 Å². The van der Waals surface area contributed by atoms with Gasteiger partial charge in [-0.2, -0.15) is 0 Å². The molecule has 6 heteroatoms. The lowest BCUT2D eigenvalue weighted by Crippen LogP contribution is -2.38. The van der Waals surface area contributed by atoms with Gasteiger partial charge in [0.1, 0.15) is 0 Å². The number of hydrogen-bond donors (Lipinski definition) is 1. The molecule has 0 atom stereocenters. The summed E-state index contributed by atoms with van der Waals surface area (Å²) < 4.78 is 10.5. The van der Waals surface area contributed by atoms with Crippen LogP contribution in [0.3, 0.4) is 0 Å². The van der Waals surface area contributed by atoms with Gasteiger partial charge in [-0.3, -0.25) is 4.79 Å². The summed E-state index contributed by atoms with van der Waals surface area (Å²) in [4.78, 5) is 29.4. The van der Waals surface area contributed by atoms with E-state index in [0.29, 0.717) is 11.3 Å². The first kappa shape index (κ1) is 19.3. The van der Waals surface area contributed by atoms with Gasteiger partial charge in [0.25, 0.3) is 5.91 Å². The molecule has 1 fully saturated rings. The average Bonchev–Trinajstić information content (AvgIpc) is 2.67. The number of esters is 1. The molecule has 6 nitrogen and oxygen atoms in total. The fourth-order valence-corrected chi connectivity index (χ4v) is 3.67. The van der Waals surface area contributed by atoms with Gasteiger partial charge in [0.15, 0.2) is 6.61 Å². The van der Waals surface area contributed by atoms with Crippen molar-refractivity contribution in [1.82, 2.24) is 10.3 Å².